The number of aryl methyl sites for hydroxylation is 2. The van der Waals surface area contributed by atoms with Gasteiger partial charge in [0, 0.05) is 41.2 Å². The van der Waals surface area contributed by atoms with Gasteiger partial charge in [-0.2, -0.15) is 0 Å². The van der Waals surface area contributed by atoms with Crippen LogP contribution in [0.1, 0.15) is 19.2 Å². The molecule has 0 radical (unpaired) electrons. The maximum absolute atomic E-state index is 13.4. The monoisotopic (exact) mass is 316 g/mol. The standard InChI is InChI=1S/C14H18ClFN2OS/c1-10(20(2)19)6-8-18-13-9-11(16)3-4-12(13)17-14(18)5-7-15/h3-4,9-10H,5-8H2,1-2H3. The lowest BCUT2D eigenvalue weighted by molar-refractivity contribution is 0.606. The summed E-state index contributed by atoms with van der Waals surface area (Å²) in [5.41, 5.74) is 1.55. The molecule has 0 amide bonds. The Morgan fingerprint density at radius 3 is 2.90 bits per heavy atom. The highest BCUT2D eigenvalue weighted by atomic mass is 35.5. The zero-order valence-corrected chi connectivity index (χ0v) is 13.2. The Kier molecular flexibility index (Phi) is 5.16. The third-order valence-corrected chi connectivity index (χ3v) is 4.99. The van der Waals surface area contributed by atoms with E-state index in [0.717, 1.165) is 23.3 Å². The van der Waals surface area contributed by atoms with E-state index in [0.29, 0.717) is 18.8 Å². The van der Waals surface area contributed by atoms with Crippen LogP contribution in [0.3, 0.4) is 0 Å². The van der Waals surface area contributed by atoms with Crippen molar-refractivity contribution in [3.8, 4) is 0 Å². The molecule has 0 saturated heterocycles. The second-order valence-corrected chi connectivity index (χ2v) is 7.03. The van der Waals surface area contributed by atoms with Gasteiger partial charge in [0.05, 0.1) is 11.0 Å². The Labute approximate surface area is 125 Å². The van der Waals surface area contributed by atoms with E-state index in [1.54, 1.807) is 12.3 Å². The van der Waals surface area contributed by atoms with Crippen LogP contribution in [0.25, 0.3) is 11.0 Å². The SMILES string of the molecule is CC(CCn1c(CCCl)nc2ccc(F)cc21)S(C)=O. The fourth-order valence-electron chi connectivity index (χ4n) is 2.15. The van der Waals surface area contributed by atoms with Crippen molar-refractivity contribution in [2.24, 2.45) is 0 Å². The van der Waals surface area contributed by atoms with Crippen LogP contribution in [0.2, 0.25) is 0 Å². The predicted molar refractivity (Wildman–Crippen MR) is 82.3 cm³/mol. The van der Waals surface area contributed by atoms with E-state index in [9.17, 15) is 8.60 Å². The van der Waals surface area contributed by atoms with Gasteiger partial charge >= 0.3 is 0 Å². The van der Waals surface area contributed by atoms with Gasteiger partial charge < -0.3 is 4.57 Å². The fourth-order valence-corrected chi connectivity index (χ4v) is 2.75. The molecule has 2 atom stereocenters. The molecule has 1 aromatic carbocycles. The summed E-state index contributed by atoms with van der Waals surface area (Å²) in [5, 5.41) is 0.102. The highest BCUT2D eigenvalue weighted by Gasteiger charge is 2.13. The number of hydrogen-bond acceptors (Lipinski definition) is 2. The lowest BCUT2D eigenvalue weighted by Gasteiger charge is -2.12. The van der Waals surface area contributed by atoms with Crippen LogP contribution in [0.15, 0.2) is 18.2 Å². The first-order valence-corrected chi connectivity index (χ1v) is 8.71. The number of aromatic nitrogens is 2. The molecule has 3 nitrogen and oxygen atoms in total. The topological polar surface area (TPSA) is 34.9 Å². The lowest BCUT2D eigenvalue weighted by atomic mass is 10.3. The maximum atomic E-state index is 13.4. The first-order valence-electron chi connectivity index (χ1n) is 6.55. The Balaban J connectivity index is 2.34. The third kappa shape index (κ3) is 3.38. The summed E-state index contributed by atoms with van der Waals surface area (Å²) in [6.07, 6.45) is 3.11. The number of alkyl halides is 1. The fraction of sp³-hybridized carbons (Fsp3) is 0.500. The van der Waals surface area contributed by atoms with Crippen molar-refractivity contribution in [1.29, 1.82) is 0 Å². The average Bonchev–Trinajstić information content (AvgIpc) is 2.73. The van der Waals surface area contributed by atoms with Crippen molar-refractivity contribution >= 4 is 33.4 Å². The van der Waals surface area contributed by atoms with Gasteiger partial charge in [0.2, 0.25) is 0 Å². The molecule has 1 heterocycles. The van der Waals surface area contributed by atoms with Crippen molar-refractivity contribution < 1.29 is 8.60 Å². The number of hydrogen-bond donors (Lipinski definition) is 0. The molecule has 0 aliphatic rings. The number of nitrogens with zero attached hydrogens (tertiary/aromatic N) is 2. The molecular weight excluding hydrogens is 299 g/mol. The van der Waals surface area contributed by atoms with Gasteiger partial charge in [-0.1, -0.05) is 6.92 Å². The Hall–Kier alpha value is -0.940. The lowest BCUT2D eigenvalue weighted by Crippen LogP contribution is -2.14. The number of benzene rings is 1. The molecule has 2 rings (SSSR count). The second-order valence-electron chi connectivity index (χ2n) is 4.85. The van der Waals surface area contributed by atoms with Crippen molar-refractivity contribution in [1.82, 2.24) is 9.55 Å². The van der Waals surface area contributed by atoms with Gasteiger partial charge in [-0.3, -0.25) is 4.21 Å². The molecule has 20 heavy (non-hydrogen) atoms. The normalized spacial score (nSPS) is 14.6. The molecule has 0 spiro atoms. The predicted octanol–water partition coefficient (Wildman–Crippen LogP) is 3.11. The Bertz CT molecular complexity index is 629. The minimum absolute atomic E-state index is 0.102. The molecule has 0 saturated carbocycles. The minimum atomic E-state index is -0.854. The van der Waals surface area contributed by atoms with Crippen molar-refractivity contribution in [2.45, 2.75) is 31.6 Å². The number of fused-ring (bicyclic) bond motifs is 1. The first kappa shape index (κ1) is 15.4. The minimum Gasteiger partial charge on any atom is -0.328 e. The van der Waals surface area contributed by atoms with Gasteiger partial charge in [-0.15, -0.1) is 11.6 Å². The molecule has 2 unspecified atom stereocenters. The molecule has 110 valence electrons. The quantitative estimate of drug-likeness (QED) is 0.768. The average molecular weight is 317 g/mol. The summed E-state index contributed by atoms with van der Waals surface area (Å²) in [7, 11) is -0.854. The van der Waals surface area contributed by atoms with Crippen LogP contribution in [-0.4, -0.2) is 31.1 Å². The highest BCUT2D eigenvalue weighted by Crippen LogP contribution is 2.19. The zero-order chi connectivity index (χ0) is 14.7. The smallest absolute Gasteiger partial charge is 0.125 e. The third-order valence-electron chi connectivity index (χ3n) is 3.43. The van der Waals surface area contributed by atoms with Gasteiger partial charge in [0.15, 0.2) is 0 Å². The first-order chi connectivity index (χ1) is 9.52. The molecule has 0 aliphatic carbocycles. The number of imidazole rings is 1. The maximum Gasteiger partial charge on any atom is 0.125 e. The summed E-state index contributed by atoms with van der Waals surface area (Å²) in [5.74, 6) is 1.05. The van der Waals surface area contributed by atoms with E-state index in [1.807, 2.05) is 11.5 Å². The highest BCUT2D eigenvalue weighted by molar-refractivity contribution is 7.84. The van der Waals surface area contributed by atoms with Crippen LogP contribution in [0, 0.1) is 5.82 Å². The molecule has 2 aromatic rings. The van der Waals surface area contributed by atoms with Gasteiger partial charge in [-0.05, 0) is 24.6 Å². The van der Waals surface area contributed by atoms with E-state index in [1.165, 1.54) is 12.1 Å². The molecular formula is C14H18ClFN2OS. The summed E-state index contributed by atoms with van der Waals surface area (Å²) < 4.78 is 26.8. The van der Waals surface area contributed by atoms with Crippen molar-refractivity contribution in [3.05, 3.63) is 29.8 Å². The summed E-state index contributed by atoms with van der Waals surface area (Å²) in [4.78, 5) is 4.50. The van der Waals surface area contributed by atoms with E-state index in [2.05, 4.69) is 4.98 Å². The Morgan fingerprint density at radius 1 is 1.50 bits per heavy atom. The van der Waals surface area contributed by atoms with E-state index in [4.69, 9.17) is 11.6 Å². The molecule has 0 fully saturated rings. The zero-order valence-electron chi connectivity index (χ0n) is 11.6. The van der Waals surface area contributed by atoms with Crippen molar-refractivity contribution in [3.63, 3.8) is 0 Å². The Morgan fingerprint density at radius 2 is 2.25 bits per heavy atom. The summed E-state index contributed by atoms with van der Waals surface area (Å²) >= 11 is 5.80. The van der Waals surface area contributed by atoms with E-state index in [-0.39, 0.29) is 11.1 Å². The summed E-state index contributed by atoms with van der Waals surface area (Å²) in [6.45, 7) is 2.63. The molecule has 0 N–H and O–H groups in total. The largest absolute Gasteiger partial charge is 0.328 e. The number of halogens is 2. The van der Waals surface area contributed by atoms with Crippen LogP contribution in [-0.2, 0) is 23.8 Å². The number of rotatable bonds is 6. The van der Waals surface area contributed by atoms with Gasteiger partial charge in [0.1, 0.15) is 11.6 Å². The van der Waals surface area contributed by atoms with Gasteiger partial charge in [0.25, 0.3) is 0 Å². The second kappa shape index (κ2) is 6.68. The van der Waals surface area contributed by atoms with Crippen LogP contribution < -0.4 is 0 Å². The van der Waals surface area contributed by atoms with Gasteiger partial charge in [-0.25, -0.2) is 9.37 Å². The molecule has 0 aliphatic heterocycles. The van der Waals surface area contributed by atoms with Crippen LogP contribution in [0.5, 0.6) is 0 Å². The molecule has 1 aromatic heterocycles. The van der Waals surface area contributed by atoms with Crippen LogP contribution >= 0.6 is 11.6 Å². The van der Waals surface area contributed by atoms with Crippen molar-refractivity contribution in [2.75, 3.05) is 12.1 Å². The van der Waals surface area contributed by atoms with E-state index < -0.39 is 10.8 Å². The molecule has 0 bridgehead atoms. The summed E-state index contributed by atoms with van der Waals surface area (Å²) in [6, 6.07) is 4.59. The molecule has 6 heteroatoms. The van der Waals surface area contributed by atoms with Crippen LogP contribution in [0.4, 0.5) is 4.39 Å². The van der Waals surface area contributed by atoms with E-state index >= 15 is 0 Å².